The van der Waals surface area contributed by atoms with Crippen LogP contribution in [0.1, 0.15) is 29.9 Å². The predicted molar refractivity (Wildman–Crippen MR) is 83.2 cm³/mol. The molecular formula is C16H24N4O3. The lowest BCUT2D eigenvalue weighted by molar-refractivity contribution is -0.0270. The first-order valence-corrected chi connectivity index (χ1v) is 8.47. The number of ether oxygens (including phenoxy) is 2. The van der Waals surface area contributed by atoms with Gasteiger partial charge >= 0.3 is 0 Å². The summed E-state index contributed by atoms with van der Waals surface area (Å²) in [5.41, 5.74) is 0. The van der Waals surface area contributed by atoms with Crippen LogP contribution in [0, 0.1) is 0 Å². The first kappa shape index (κ1) is 15.1. The molecule has 0 bridgehead atoms. The van der Waals surface area contributed by atoms with Crippen LogP contribution in [-0.4, -0.2) is 71.0 Å². The first-order chi connectivity index (χ1) is 11.2. The van der Waals surface area contributed by atoms with E-state index in [1.54, 1.807) is 17.0 Å². The van der Waals surface area contributed by atoms with Crippen molar-refractivity contribution in [2.45, 2.75) is 43.5 Å². The number of carbonyl (C=O) groups excluding carboxylic acids is 1. The summed E-state index contributed by atoms with van der Waals surface area (Å²) in [5.74, 6) is 0.319. The Morgan fingerprint density at radius 3 is 3.04 bits per heavy atom. The molecule has 3 aliphatic heterocycles. The second-order valence-electron chi connectivity index (χ2n) is 6.70. The van der Waals surface area contributed by atoms with Gasteiger partial charge in [0, 0.05) is 51.3 Å². The van der Waals surface area contributed by atoms with Gasteiger partial charge in [-0.3, -0.25) is 9.69 Å². The van der Waals surface area contributed by atoms with Crippen molar-refractivity contribution in [2.24, 2.45) is 7.05 Å². The third kappa shape index (κ3) is 2.77. The van der Waals surface area contributed by atoms with Crippen molar-refractivity contribution >= 4 is 5.91 Å². The summed E-state index contributed by atoms with van der Waals surface area (Å²) in [6.07, 6.45) is 6.80. The van der Waals surface area contributed by atoms with E-state index >= 15 is 0 Å². The SMILES string of the molecule is Cn1ccnc1C(=O)N[C@@H]1CN(C2CCOC2)[C@@H]2CCCO[C@@H]21. The van der Waals surface area contributed by atoms with Crippen molar-refractivity contribution in [3.05, 3.63) is 18.2 Å². The Labute approximate surface area is 135 Å². The molecule has 3 aliphatic rings. The molecule has 1 aromatic rings. The maximum Gasteiger partial charge on any atom is 0.287 e. The van der Waals surface area contributed by atoms with Gasteiger partial charge in [-0.2, -0.15) is 0 Å². The van der Waals surface area contributed by atoms with E-state index in [0.717, 1.165) is 45.6 Å². The fourth-order valence-corrected chi connectivity index (χ4v) is 4.14. The minimum atomic E-state index is -0.125. The van der Waals surface area contributed by atoms with Gasteiger partial charge in [0.05, 0.1) is 18.8 Å². The van der Waals surface area contributed by atoms with Crippen LogP contribution in [0.5, 0.6) is 0 Å². The maximum absolute atomic E-state index is 12.5. The Kier molecular flexibility index (Phi) is 4.09. The van der Waals surface area contributed by atoms with Crippen LogP contribution in [0.25, 0.3) is 0 Å². The van der Waals surface area contributed by atoms with Crippen LogP contribution in [0.2, 0.25) is 0 Å². The molecule has 1 N–H and O–H groups in total. The van der Waals surface area contributed by atoms with E-state index in [2.05, 4.69) is 15.2 Å². The molecule has 0 spiro atoms. The Balaban J connectivity index is 1.49. The molecular weight excluding hydrogens is 296 g/mol. The van der Waals surface area contributed by atoms with Gasteiger partial charge in [0.1, 0.15) is 0 Å². The number of aromatic nitrogens is 2. The summed E-state index contributed by atoms with van der Waals surface area (Å²) in [6.45, 7) is 3.25. The van der Waals surface area contributed by atoms with Crippen LogP contribution in [0.15, 0.2) is 12.4 Å². The van der Waals surface area contributed by atoms with Gasteiger partial charge in [0.2, 0.25) is 0 Å². The highest BCUT2D eigenvalue weighted by Gasteiger charge is 2.47. The quantitative estimate of drug-likeness (QED) is 0.860. The molecule has 0 aliphatic carbocycles. The van der Waals surface area contributed by atoms with Gasteiger partial charge in [-0.05, 0) is 19.3 Å². The van der Waals surface area contributed by atoms with Crippen molar-refractivity contribution in [3.8, 4) is 0 Å². The first-order valence-electron chi connectivity index (χ1n) is 8.47. The summed E-state index contributed by atoms with van der Waals surface area (Å²) in [5, 5.41) is 3.14. The van der Waals surface area contributed by atoms with E-state index in [4.69, 9.17) is 9.47 Å². The second kappa shape index (κ2) is 6.22. The molecule has 4 rings (SSSR count). The van der Waals surface area contributed by atoms with Gasteiger partial charge in [-0.1, -0.05) is 0 Å². The van der Waals surface area contributed by atoms with Crippen LogP contribution in [0.3, 0.4) is 0 Å². The zero-order valence-corrected chi connectivity index (χ0v) is 13.5. The highest BCUT2D eigenvalue weighted by atomic mass is 16.5. The zero-order chi connectivity index (χ0) is 15.8. The summed E-state index contributed by atoms with van der Waals surface area (Å²) in [4.78, 5) is 19.1. The van der Waals surface area contributed by atoms with Crippen LogP contribution in [0.4, 0.5) is 0 Å². The number of fused-ring (bicyclic) bond motifs is 1. The monoisotopic (exact) mass is 320 g/mol. The third-order valence-corrected chi connectivity index (χ3v) is 5.28. The number of imidazole rings is 1. The minimum Gasteiger partial charge on any atom is -0.380 e. The molecule has 4 heterocycles. The molecule has 0 radical (unpaired) electrons. The number of amides is 1. The Morgan fingerprint density at radius 2 is 2.30 bits per heavy atom. The van der Waals surface area contributed by atoms with E-state index in [9.17, 15) is 4.79 Å². The normalized spacial score (nSPS) is 34.5. The van der Waals surface area contributed by atoms with E-state index < -0.39 is 0 Å². The third-order valence-electron chi connectivity index (χ3n) is 5.28. The van der Waals surface area contributed by atoms with E-state index in [1.165, 1.54) is 0 Å². The Hall–Kier alpha value is -1.44. The molecule has 126 valence electrons. The van der Waals surface area contributed by atoms with Gasteiger partial charge in [-0.15, -0.1) is 0 Å². The molecule has 1 amide bonds. The van der Waals surface area contributed by atoms with E-state index in [0.29, 0.717) is 17.9 Å². The van der Waals surface area contributed by atoms with Crippen molar-refractivity contribution in [1.82, 2.24) is 19.8 Å². The number of rotatable bonds is 3. The summed E-state index contributed by atoms with van der Waals surface area (Å²) in [7, 11) is 1.83. The summed E-state index contributed by atoms with van der Waals surface area (Å²) < 4.78 is 13.3. The highest BCUT2D eigenvalue weighted by Crippen LogP contribution is 2.32. The lowest BCUT2D eigenvalue weighted by atomic mass is 10.00. The topological polar surface area (TPSA) is 68.6 Å². The minimum absolute atomic E-state index is 0.0186. The molecule has 1 aromatic heterocycles. The predicted octanol–water partition coefficient (Wildman–Crippen LogP) is 0.171. The number of aryl methyl sites for hydroxylation is 1. The molecule has 0 aromatic carbocycles. The van der Waals surface area contributed by atoms with Gasteiger partial charge < -0.3 is 19.4 Å². The molecule has 7 nitrogen and oxygen atoms in total. The van der Waals surface area contributed by atoms with Gasteiger partial charge in [0.15, 0.2) is 5.82 Å². The smallest absolute Gasteiger partial charge is 0.287 e. The Morgan fingerprint density at radius 1 is 1.39 bits per heavy atom. The van der Waals surface area contributed by atoms with Crippen molar-refractivity contribution in [3.63, 3.8) is 0 Å². The molecule has 0 saturated carbocycles. The fourth-order valence-electron chi connectivity index (χ4n) is 4.14. The number of hydrogen-bond acceptors (Lipinski definition) is 5. The summed E-state index contributed by atoms with van der Waals surface area (Å²) in [6, 6.07) is 0.867. The molecule has 3 saturated heterocycles. The van der Waals surface area contributed by atoms with Crippen molar-refractivity contribution in [2.75, 3.05) is 26.4 Å². The van der Waals surface area contributed by atoms with Crippen LogP contribution in [-0.2, 0) is 16.5 Å². The standard InChI is InChI=1S/C16H24N4O3/c1-19-6-5-17-15(19)16(21)18-12-9-20(11-4-8-22-10-11)13-3-2-7-23-14(12)13/h5-6,11-14H,2-4,7-10H2,1H3,(H,18,21)/t11?,12-,13-,14-/m1/s1. The lowest BCUT2D eigenvalue weighted by Crippen LogP contribution is -2.48. The number of hydrogen-bond donors (Lipinski definition) is 1. The number of nitrogens with one attached hydrogen (secondary N) is 1. The molecule has 7 heteroatoms. The molecule has 1 unspecified atom stereocenters. The van der Waals surface area contributed by atoms with E-state index in [-0.39, 0.29) is 18.1 Å². The molecule has 3 fully saturated rings. The van der Waals surface area contributed by atoms with Gasteiger partial charge in [0.25, 0.3) is 5.91 Å². The summed E-state index contributed by atoms with van der Waals surface area (Å²) >= 11 is 0. The maximum atomic E-state index is 12.5. The number of carbonyl (C=O) groups is 1. The average molecular weight is 320 g/mol. The number of likely N-dealkylation sites (tertiary alicyclic amines) is 1. The molecule has 4 atom stereocenters. The number of nitrogens with zero attached hydrogens (tertiary/aromatic N) is 3. The largest absolute Gasteiger partial charge is 0.380 e. The highest BCUT2D eigenvalue weighted by molar-refractivity contribution is 5.91. The average Bonchev–Trinajstić information content (AvgIpc) is 3.27. The molecule has 23 heavy (non-hydrogen) atoms. The lowest BCUT2D eigenvalue weighted by Gasteiger charge is -2.34. The zero-order valence-electron chi connectivity index (χ0n) is 13.5. The van der Waals surface area contributed by atoms with Crippen LogP contribution >= 0.6 is 0 Å². The second-order valence-corrected chi connectivity index (χ2v) is 6.70. The van der Waals surface area contributed by atoms with Crippen molar-refractivity contribution in [1.29, 1.82) is 0 Å². The Bertz CT molecular complexity index is 569. The fraction of sp³-hybridized carbons (Fsp3) is 0.750. The van der Waals surface area contributed by atoms with Crippen LogP contribution < -0.4 is 5.32 Å². The van der Waals surface area contributed by atoms with Gasteiger partial charge in [-0.25, -0.2) is 4.98 Å². The van der Waals surface area contributed by atoms with E-state index in [1.807, 2.05) is 7.05 Å². The van der Waals surface area contributed by atoms with Crippen molar-refractivity contribution < 1.29 is 14.3 Å².